The Bertz CT molecular complexity index is 1220. The molecule has 0 radical (unpaired) electrons. The molecule has 0 unspecified atom stereocenters. The van der Waals surface area contributed by atoms with Crippen molar-refractivity contribution in [2.75, 3.05) is 0 Å². The van der Waals surface area contributed by atoms with Crippen molar-refractivity contribution in [1.82, 2.24) is 0 Å². The number of nitrogens with zero attached hydrogens (tertiary/aromatic N) is 1. The Hall–Kier alpha value is -2.71. The van der Waals surface area contributed by atoms with Crippen LogP contribution >= 0.6 is 0 Å². The lowest BCUT2D eigenvalue weighted by atomic mass is 9.96. The maximum Gasteiger partial charge on any atom is 0.213 e. The van der Waals surface area contributed by atoms with Crippen LogP contribution in [0.25, 0.3) is 33.3 Å². The number of aromatic nitrogens is 1. The molecule has 5 rings (SSSR count). The lowest BCUT2D eigenvalue weighted by Gasteiger charge is -2.21. The molecular weight excluding hydrogens is 342 g/mol. The van der Waals surface area contributed by atoms with Gasteiger partial charge in [0.25, 0.3) is 0 Å². The summed E-state index contributed by atoms with van der Waals surface area (Å²) in [5, 5.41) is 4.52. The van der Waals surface area contributed by atoms with Crippen LogP contribution in [0.15, 0.2) is 72.8 Å². The fraction of sp³-hybridized carbons (Fsp3) is 0.160. The highest BCUT2D eigenvalue weighted by Crippen LogP contribution is 2.36. The summed E-state index contributed by atoms with van der Waals surface area (Å²) in [5.74, 6) is 0. The van der Waals surface area contributed by atoms with E-state index in [9.17, 15) is 0 Å². The van der Waals surface area contributed by atoms with E-state index < -0.39 is 8.07 Å². The summed E-state index contributed by atoms with van der Waals surface area (Å²) in [4.78, 5) is 0. The van der Waals surface area contributed by atoms with E-state index in [1.807, 2.05) is 0 Å². The Labute approximate surface area is 161 Å². The van der Waals surface area contributed by atoms with Gasteiger partial charge >= 0.3 is 0 Å². The molecule has 4 aromatic rings. The van der Waals surface area contributed by atoms with Crippen molar-refractivity contribution in [3.8, 4) is 22.4 Å². The summed E-state index contributed by atoms with van der Waals surface area (Å²) < 4.78 is 2.43. The molecule has 0 N–H and O–H groups in total. The molecule has 0 saturated heterocycles. The van der Waals surface area contributed by atoms with Gasteiger partial charge in [0.05, 0.1) is 5.39 Å². The Morgan fingerprint density at radius 1 is 0.741 bits per heavy atom. The molecule has 27 heavy (non-hydrogen) atoms. The van der Waals surface area contributed by atoms with Crippen molar-refractivity contribution in [2.45, 2.75) is 20.0 Å². The molecule has 0 fully saturated rings. The van der Waals surface area contributed by atoms with Crippen LogP contribution in [0.4, 0.5) is 0 Å². The summed E-state index contributed by atoms with van der Waals surface area (Å²) in [6.07, 6.45) is 0. The van der Waals surface area contributed by atoms with Crippen LogP contribution in [0, 0.1) is 6.92 Å². The molecule has 0 bridgehead atoms. The fourth-order valence-electron chi connectivity index (χ4n) is 4.94. The zero-order valence-corrected chi connectivity index (χ0v) is 17.4. The van der Waals surface area contributed by atoms with E-state index in [0.29, 0.717) is 0 Å². The number of hydrogen-bond donors (Lipinski definition) is 0. The number of pyridine rings is 1. The minimum Gasteiger partial charge on any atom is -0.194 e. The molecule has 2 heteroatoms. The monoisotopic (exact) mass is 366 g/mol. The first kappa shape index (κ1) is 16.5. The Kier molecular flexibility index (Phi) is 3.44. The molecule has 1 aromatic heterocycles. The highest BCUT2D eigenvalue weighted by Gasteiger charge is 2.44. The second-order valence-electron chi connectivity index (χ2n) is 8.16. The van der Waals surface area contributed by atoms with Gasteiger partial charge in [-0.15, -0.1) is 0 Å². The minimum absolute atomic E-state index is 1.30. The minimum atomic E-state index is -1.80. The SMILES string of the molecule is Cc1ccccc1-c1c2c(c3ccccc3[n+]1C)-c1ccccc1[Si]2(C)C. The Balaban J connectivity index is 2.05. The predicted octanol–water partition coefficient (Wildman–Crippen LogP) is 4.44. The molecule has 0 amide bonds. The molecule has 0 spiro atoms. The van der Waals surface area contributed by atoms with Crippen LogP contribution in [0.2, 0.25) is 13.1 Å². The number of aryl methyl sites for hydroxylation is 2. The van der Waals surface area contributed by atoms with Crippen LogP contribution < -0.4 is 14.9 Å². The summed E-state index contributed by atoms with van der Waals surface area (Å²) in [6.45, 7) is 7.25. The molecular formula is C25H24NSi+. The van der Waals surface area contributed by atoms with Crippen LogP contribution in [0.1, 0.15) is 5.56 Å². The first-order valence-electron chi connectivity index (χ1n) is 9.63. The van der Waals surface area contributed by atoms with Crippen LogP contribution in [-0.4, -0.2) is 8.07 Å². The maximum absolute atomic E-state index is 2.51. The van der Waals surface area contributed by atoms with Gasteiger partial charge in [0.1, 0.15) is 15.1 Å². The standard InChI is InChI=1S/C25H24NSi/c1-17-11-5-6-12-18(17)24-25-23(19-13-7-9-15-21(19)26(24)2)20-14-8-10-16-22(20)27(25,3)4/h5-16H,1-4H3/q+1. The Morgan fingerprint density at radius 2 is 1.37 bits per heavy atom. The first-order valence-corrected chi connectivity index (χ1v) is 12.6. The largest absolute Gasteiger partial charge is 0.213 e. The van der Waals surface area contributed by atoms with Crippen LogP contribution in [0.3, 0.4) is 0 Å². The van der Waals surface area contributed by atoms with Gasteiger partial charge in [-0.1, -0.05) is 67.7 Å². The maximum atomic E-state index is 2.51. The fourth-order valence-corrected chi connectivity index (χ4v) is 8.39. The average Bonchev–Trinajstić information content (AvgIpc) is 2.92. The second-order valence-corrected chi connectivity index (χ2v) is 12.4. The summed E-state index contributed by atoms with van der Waals surface area (Å²) in [7, 11) is 0.433. The number of benzene rings is 3. The first-order chi connectivity index (χ1) is 13.0. The van der Waals surface area contributed by atoms with E-state index in [1.54, 1.807) is 10.4 Å². The topological polar surface area (TPSA) is 3.88 Å². The number of para-hydroxylation sites is 1. The molecule has 0 atom stereocenters. The quantitative estimate of drug-likeness (QED) is 0.346. The van der Waals surface area contributed by atoms with E-state index >= 15 is 0 Å². The van der Waals surface area contributed by atoms with Crippen molar-refractivity contribution < 1.29 is 4.57 Å². The number of rotatable bonds is 1. The van der Waals surface area contributed by atoms with Crippen molar-refractivity contribution >= 4 is 29.4 Å². The van der Waals surface area contributed by atoms with E-state index in [1.165, 1.54) is 38.9 Å². The summed E-state index contributed by atoms with van der Waals surface area (Å²) >= 11 is 0. The zero-order chi connectivity index (χ0) is 18.8. The third-order valence-corrected chi connectivity index (χ3v) is 9.77. The molecule has 1 aliphatic heterocycles. The normalized spacial score (nSPS) is 14.2. The van der Waals surface area contributed by atoms with Gasteiger partial charge in [0.2, 0.25) is 11.2 Å². The van der Waals surface area contributed by atoms with Gasteiger partial charge in [-0.25, -0.2) is 0 Å². The number of fused-ring (bicyclic) bond motifs is 5. The third-order valence-electron chi connectivity index (χ3n) is 6.25. The molecule has 0 aliphatic carbocycles. The van der Waals surface area contributed by atoms with Crippen LogP contribution in [0.5, 0.6) is 0 Å². The third kappa shape index (κ3) is 2.14. The highest BCUT2D eigenvalue weighted by atomic mass is 28.3. The van der Waals surface area contributed by atoms with E-state index in [0.717, 1.165) is 0 Å². The predicted molar refractivity (Wildman–Crippen MR) is 117 cm³/mol. The average molecular weight is 367 g/mol. The molecule has 2 heterocycles. The molecule has 3 aromatic carbocycles. The smallest absolute Gasteiger partial charge is 0.194 e. The molecule has 1 aliphatic rings. The summed E-state index contributed by atoms with van der Waals surface area (Å²) in [5.41, 5.74) is 8.30. The van der Waals surface area contributed by atoms with Crippen molar-refractivity contribution in [3.63, 3.8) is 0 Å². The molecule has 1 nitrogen and oxygen atoms in total. The van der Waals surface area contributed by atoms with Crippen molar-refractivity contribution in [3.05, 3.63) is 78.4 Å². The van der Waals surface area contributed by atoms with Crippen molar-refractivity contribution in [1.29, 1.82) is 0 Å². The van der Waals surface area contributed by atoms with Crippen molar-refractivity contribution in [2.24, 2.45) is 7.05 Å². The Morgan fingerprint density at radius 3 is 2.15 bits per heavy atom. The lowest BCUT2D eigenvalue weighted by Crippen LogP contribution is -2.54. The number of hydrogen-bond acceptors (Lipinski definition) is 0. The van der Waals surface area contributed by atoms with Gasteiger partial charge < -0.3 is 0 Å². The molecule has 132 valence electrons. The highest BCUT2D eigenvalue weighted by molar-refractivity contribution is 7.04. The van der Waals surface area contributed by atoms with E-state index in [2.05, 4.69) is 104 Å². The van der Waals surface area contributed by atoms with Gasteiger partial charge in [-0.05, 0) is 35.4 Å². The molecule has 0 saturated carbocycles. The zero-order valence-electron chi connectivity index (χ0n) is 16.4. The second kappa shape index (κ2) is 5.64. The van der Waals surface area contributed by atoms with Gasteiger partial charge in [-0.2, -0.15) is 4.57 Å². The lowest BCUT2D eigenvalue weighted by molar-refractivity contribution is -0.632. The van der Waals surface area contributed by atoms with Gasteiger partial charge in [0.15, 0.2) is 0 Å². The summed E-state index contributed by atoms with van der Waals surface area (Å²) in [6, 6.07) is 26.8. The van der Waals surface area contributed by atoms with E-state index in [-0.39, 0.29) is 0 Å². The van der Waals surface area contributed by atoms with Gasteiger partial charge in [-0.3, -0.25) is 0 Å². The van der Waals surface area contributed by atoms with Crippen LogP contribution in [-0.2, 0) is 7.05 Å². The van der Waals surface area contributed by atoms with E-state index in [4.69, 9.17) is 0 Å². The van der Waals surface area contributed by atoms with Gasteiger partial charge in [0, 0.05) is 22.4 Å².